The lowest BCUT2D eigenvalue weighted by atomic mass is 10.1. The highest BCUT2D eigenvalue weighted by Crippen LogP contribution is 2.22. The second-order valence-corrected chi connectivity index (χ2v) is 4.56. The number of aromatic nitrogens is 4. The number of nitrogen functional groups attached to an aromatic ring is 1. The summed E-state index contributed by atoms with van der Waals surface area (Å²) < 4.78 is 0. The molecular formula is C11H13ClN6O. The molecule has 2 rings (SSSR count). The molecule has 2 heterocycles. The van der Waals surface area contributed by atoms with Crippen LogP contribution in [0.25, 0.3) is 0 Å². The second-order valence-electron chi connectivity index (χ2n) is 4.22. The monoisotopic (exact) mass is 280 g/mol. The van der Waals surface area contributed by atoms with Crippen LogP contribution in [-0.4, -0.2) is 26.1 Å². The fourth-order valence-electron chi connectivity index (χ4n) is 1.56. The van der Waals surface area contributed by atoms with Gasteiger partial charge in [0, 0.05) is 6.20 Å². The smallest absolute Gasteiger partial charge is 0.279 e. The number of nitrogens with two attached hydrogens (primary N) is 1. The van der Waals surface area contributed by atoms with Gasteiger partial charge in [0.25, 0.3) is 5.91 Å². The zero-order valence-electron chi connectivity index (χ0n) is 10.4. The first-order valence-corrected chi connectivity index (χ1v) is 6.00. The molecule has 2 aromatic rings. The van der Waals surface area contributed by atoms with E-state index >= 15 is 0 Å². The predicted molar refractivity (Wildman–Crippen MR) is 72.1 cm³/mol. The standard InChI is InChI=1S/C11H13ClN6O/c1-5(2)8-7(13)9(18-17-8)10(19)15-6-3-4-14-11(12)16-6/h3-5H,13H2,1-2H3,(H,17,18)(H,14,15,16,19). The molecule has 4 N–H and O–H groups in total. The molecule has 0 saturated carbocycles. The topological polar surface area (TPSA) is 110 Å². The SMILES string of the molecule is CC(C)c1[nH]nc(C(=O)Nc2ccnc(Cl)n2)c1N. The minimum atomic E-state index is -0.449. The van der Waals surface area contributed by atoms with Crippen LogP contribution in [0.15, 0.2) is 12.3 Å². The van der Waals surface area contributed by atoms with Gasteiger partial charge < -0.3 is 11.1 Å². The van der Waals surface area contributed by atoms with Crippen molar-refractivity contribution in [3.05, 3.63) is 28.9 Å². The molecular weight excluding hydrogens is 268 g/mol. The minimum Gasteiger partial charge on any atom is -0.395 e. The summed E-state index contributed by atoms with van der Waals surface area (Å²) in [5, 5.41) is 9.28. The Balaban J connectivity index is 2.21. The Morgan fingerprint density at radius 2 is 2.26 bits per heavy atom. The van der Waals surface area contributed by atoms with Crippen molar-refractivity contribution in [3.8, 4) is 0 Å². The molecule has 7 nitrogen and oxygen atoms in total. The highest BCUT2D eigenvalue weighted by atomic mass is 35.5. The molecule has 0 atom stereocenters. The van der Waals surface area contributed by atoms with Gasteiger partial charge in [-0.2, -0.15) is 5.10 Å². The largest absolute Gasteiger partial charge is 0.395 e. The normalized spacial score (nSPS) is 10.7. The summed E-state index contributed by atoms with van der Waals surface area (Å²) in [5.41, 5.74) is 7.08. The van der Waals surface area contributed by atoms with Crippen molar-refractivity contribution in [2.45, 2.75) is 19.8 Å². The van der Waals surface area contributed by atoms with E-state index in [-0.39, 0.29) is 16.9 Å². The van der Waals surface area contributed by atoms with E-state index in [2.05, 4.69) is 25.5 Å². The number of hydrogen-bond donors (Lipinski definition) is 3. The average Bonchev–Trinajstić information content (AvgIpc) is 2.71. The molecule has 0 spiro atoms. The van der Waals surface area contributed by atoms with Gasteiger partial charge in [-0.25, -0.2) is 9.97 Å². The zero-order valence-corrected chi connectivity index (χ0v) is 11.2. The number of carbonyl (C=O) groups excluding carboxylic acids is 1. The molecule has 100 valence electrons. The maximum absolute atomic E-state index is 12.0. The molecule has 8 heteroatoms. The molecule has 1 amide bonds. The van der Waals surface area contributed by atoms with Gasteiger partial charge in [-0.05, 0) is 23.6 Å². The summed E-state index contributed by atoms with van der Waals surface area (Å²) in [6.45, 7) is 3.91. The summed E-state index contributed by atoms with van der Waals surface area (Å²) in [6, 6.07) is 1.52. The van der Waals surface area contributed by atoms with Gasteiger partial charge >= 0.3 is 0 Å². The van der Waals surface area contributed by atoms with Crippen LogP contribution in [0.5, 0.6) is 0 Å². The Morgan fingerprint density at radius 1 is 1.53 bits per heavy atom. The van der Waals surface area contributed by atoms with Crippen LogP contribution in [0.4, 0.5) is 11.5 Å². The van der Waals surface area contributed by atoms with Crippen LogP contribution in [0.1, 0.15) is 35.9 Å². The van der Waals surface area contributed by atoms with E-state index in [0.717, 1.165) is 5.69 Å². The first kappa shape index (κ1) is 13.3. The molecule has 0 saturated heterocycles. The van der Waals surface area contributed by atoms with E-state index in [4.69, 9.17) is 17.3 Å². The first-order chi connectivity index (χ1) is 8.99. The zero-order chi connectivity index (χ0) is 14.0. The lowest BCUT2D eigenvalue weighted by molar-refractivity contribution is 0.102. The van der Waals surface area contributed by atoms with Gasteiger partial charge in [-0.15, -0.1) is 0 Å². The number of nitrogens with one attached hydrogen (secondary N) is 2. The number of hydrogen-bond acceptors (Lipinski definition) is 5. The molecule has 0 unspecified atom stereocenters. The van der Waals surface area contributed by atoms with Crippen molar-refractivity contribution in [1.29, 1.82) is 0 Å². The number of aromatic amines is 1. The number of halogens is 1. The van der Waals surface area contributed by atoms with Gasteiger partial charge in [0.05, 0.1) is 11.4 Å². The maximum Gasteiger partial charge on any atom is 0.279 e. The molecule has 0 aromatic carbocycles. The van der Waals surface area contributed by atoms with Gasteiger partial charge in [-0.3, -0.25) is 9.89 Å². The first-order valence-electron chi connectivity index (χ1n) is 5.62. The molecule has 0 aliphatic heterocycles. The van der Waals surface area contributed by atoms with Crippen LogP contribution in [0.3, 0.4) is 0 Å². The summed E-state index contributed by atoms with van der Waals surface area (Å²) in [4.78, 5) is 19.6. The van der Waals surface area contributed by atoms with Gasteiger partial charge in [0.1, 0.15) is 5.82 Å². The molecule has 0 aliphatic rings. The van der Waals surface area contributed by atoms with E-state index in [1.807, 2.05) is 13.8 Å². The van der Waals surface area contributed by atoms with E-state index < -0.39 is 5.91 Å². The Kier molecular flexibility index (Phi) is 3.66. The highest BCUT2D eigenvalue weighted by Gasteiger charge is 2.19. The van der Waals surface area contributed by atoms with E-state index in [1.165, 1.54) is 12.3 Å². The van der Waals surface area contributed by atoms with Crippen molar-refractivity contribution in [2.24, 2.45) is 0 Å². The molecule has 0 aliphatic carbocycles. The van der Waals surface area contributed by atoms with Gasteiger partial charge in [0.15, 0.2) is 5.69 Å². The summed E-state index contributed by atoms with van der Waals surface area (Å²) in [6.07, 6.45) is 1.44. The highest BCUT2D eigenvalue weighted by molar-refractivity contribution is 6.28. The van der Waals surface area contributed by atoms with Gasteiger partial charge in [-0.1, -0.05) is 13.8 Å². The van der Waals surface area contributed by atoms with E-state index in [1.54, 1.807) is 0 Å². The second kappa shape index (κ2) is 5.23. The Hall–Kier alpha value is -2.15. The number of rotatable bonds is 3. The number of nitrogens with zero attached hydrogens (tertiary/aromatic N) is 3. The summed E-state index contributed by atoms with van der Waals surface area (Å²) in [7, 11) is 0. The number of anilines is 2. The third kappa shape index (κ3) is 2.82. The van der Waals surface area contributed by atoms with Crippen molar-refractivity contribution >= 4 is 29.0 Å². The average molecular weight is 281 g/mol. The van der Waals surface area contributed by atoms with Crippen LogP contribution in [0.2, 0.25) is 5.28 Å². The summed E-state index contributed by atoms with van der Waals surface area (Å²) >= 11 is 5.63. The molecule has 2 aromatic heterocycles. The molecule has 0 bridgehead atoms. The molecule has 0 radical (unpaired) electrons. The van der Waals surface area contributed by atoms with Crippen molar-refractivity contribution in [2.75, 3.05) is 11.1 Å². The Bertz CT molecular complexity index is 609. The van der Waals surface area contributed by atoms with Crippen molar-refractivity contribution in [3.63, 3.8) is 0 Å². The van der Waals surface area contributed by atoms with Crippen LogP contribution in [-0.2, 0) is 0 Å². The fourth-order valence-corrected chi connectivity index (χ4v) is 1.70. The Labute approximate surface area is 114 Å². The molecule has 19 heavy (non-hydrogen) atoms. The fraction of sp³-hybridized carbons (Fsp3) is 0.273. The lowest BCUT2D eigenvalue weighted by Crippen LogP contribution is -2.15. The number of amides is 1. The quantitative estimate of drug-likeness (QED) is 0.743. The third-order valence-corrected chi connectivity index (χ3v) is 2.68. The van der Waals surface area contributed by atoms with E-state index in [0.29, 0.717) is 11.5 Å². The maximum atomic E-state index is 12.0. The van der Waals surface area contributed by atoms with Gasteiger partial charge in [0.2, 0.25) is 5.28 Å². The minimum absolute atomic E-state index is 0.0515. The van der Waals surface area contributed by atoms with Crippen LogP contribution in [0, 0.1) is 0 Å². The predicted octanol–water partition coefficient (Wildman–Crippen LogP) is 1.81. The van der Waals surface area contributed by atoms with E-state index in [9.17, 15) is 4.79 Å². The number of carbonyl (C=O) groups is 1. The molecule has 0 fully saturated rings. The Morgan fingerprint density at radius 3 is 2.84 bits per heavy atom. The third-order valence-electron chi connectivity index (χ3n) is 2.49. The van der Waals surface area contributed by atoms with Crippen LogP contribution < -0.4 is 11.1 Å². The number of H-pyrrole nitrogens is 1. The lowest BCUT2D eigenvalue weighted by Gasteiger charge is -2.04. The van der Waals surface area contributed by atoms with Crippen LogP contribution >= 0.6 is 11.6 Å². The van der Waals surface area contributed by atoms with Crippen molar-refractivity contribution in [1.82, 2.24) is 20.2 Å². The summed E-state index contributed by atoms with van der Waals surface area (Å²) in [5.74, 6) is -0.00328. The van der Waals surface area contributed by atoms with Crippen molar-refractivity contribution < 1.29 is 4.79 Å².